The standard InChI is InChI=1S/C16H18N4O2/c21-16(22)11-4-3-7-13(8-11)20-15-9-14(17-10-18-15)19-12-5-1-2-6-12/h3-4,7-10,12H,1-2,5-6H2,(H,21,22)(H2,17,18,19,20). The van der Waals surface area contributed by atoms with Gasteiger partial charge in [0.05, 0.1) is 5.56 Å². The minimum absolute atomic E-state index is 0.239. The number of aromatic nitrogens is 2. The summed E-state index contributed by atoms with van der Waals surface area (Å²) in [6.07, 6.45) is 6.37. The summed E-state index contributed by atoms with van der Waals surface area (Å²) in [7, 11) is 0. The Bertz CT molecular complexity index is 669. The molecule has 2 aromatic rings. The lowest BCUT2D eigenvalue weighted by molar-refractivity contribution is 0.0697. The molecule has 1 aromatic carbocycles. The Hall–Kier alpha value is -2.63. The number of carbonyl (C=O) groups is 1. The van der Waals surface area contributed by atoms with Crippen molar-refractivity contribution in [3.8, 4) is 0 Å². The molecule has 1 aliphatic carbocycles. The zero-order valence-corrected chi connectivity index (χ0v) is 12.1. The molecule has 0 aliphatic heterocycles. The summed E-state index contributed by atoms with van der Waals surface area (Å²) < 4.78 is 0. The van der Waals surface area contributed by atoms with Crippen molar-refractivity contribution in [3.63, 3.8) is 0 Å². The molecule has 114 valence electrons. The molecule has 1 saturated carbocycles. The Balaban J connectivity index is 1.72. The van der Waals surface area contributed by atoms with Crippen molar-refractivity contribution in [1.82, 2.24) is 9.97 Å². The second-order valence-electron chi connectivity index (χ2n) is 5.43. The highest BCUT2D eigenvalue weighted by molar-refractivity contribution is 5.89. The van der Waals surface area contributed by atoms with E-state index in [1.54, 1.807) is 24.3 Å². The van der Waals surface area contributed by atoms with Crippen LogP contribution >= 0.6 is 0 Å². The minimum Gasteiger partial charge on any atom is -0.478 e. The fraction of sp³-hybridized carbons (Fsp3) is 0.312. The molecule has 0 bridgehead atoms. The van der Waals surface area contributed by atoms with Crippen LogP contribution in [0.2, 0.25) is 0 Å². The average Bonchev–Trinajstić information content (AvgIpc) is 3.01. The first-order valence-electron chi connectivity index (χ1n) is 7.40. The van der Waals surface area contributed by atoms with E-state index < -0.39 is 5.97 Å². The number of aromatic carboxylic acids is 1. The van der Waals surface area contributed by atoms with Gasteiger partial charge in [-0.25, -0.2) is 14.8 Å². The van der Waals surface area contributed by atoms with E-state index >= 15 is 0 Å². The van der Waals surface area contributed by atoms with E-state index in [-0.39, 0.29) is 5.56 Å². The maximum atomic E-state index is 11.0. The van der Waals surface area contributed by atoms with Gasteiger partial charge in [0.1, 0.15) is 18.0 Å². The van der Waals surface area contributed by atoms with Crippen LogP contribution in [-0.4, -0.2) is 27.1 Å². The topological polar surface area (TPSA) is 87.1 Å². The molecular weight excluding hydrogens is 280 g/mol. The zero-order valence-electron chi connectivity index (χ0n) is 12.1. The number of hydrogen-bond donors (Lipinski definition) is 3. The lowest BCUT2D eigenvalue weighted by Crippen LogP contribution is -2.15. The van der Waals surface area contributed by atoms with E-state index in [2.05, 4.69) is 20.6 Å². The summed E-state index contributed by atoms with van der Waals surface area (Å²) in [5.74, 6) is 0.478. The number of hydrogen-bond acceptors (Lipinski definition) is 5. The van der Waals surface area contributed by atoms with Gasteiger partial charge in [0, 0.05) is 17.8 Å². The number of carboxylic acids is 1. The predicted octanol–water partition coefficient (Wildman–Crippen LogP) is 3.27. The van der Waals surface area contributed by atoms with Gasteiger partial charge in [-0.15, -0.1) is 0 Å². The van der Waals surface area contributed by atoms with Crippen molar-refractivity contribution in [2.24, 2.45) is 0 Å². The smallest absolute Gasteiger partial charge is 0.335 e. The quantitative estimate of drug-likeness (QED) is 0.785. The third kappa shape index (κ3) is 3.52. The normalized spacial score (nSPS) is 14.7. The number of nitrogens with one attached hydrogen (secondary N) is 2. The molecule has 0 saturated heterocycles. The molecule has 1 aliphatic rings. The lowest BCUT2D eigenvalue weighted by Gasteiger charge is -2.13. The highest BCUT2D eigenvalue weighted by Crippen LogP contribution is 2.23. The van der Waals surface area contributed by atoms with Gasteiger partial charge in [-0.05, 0) is 31.0 Å². The fourth-order valence-corrected chi connectivity index (χ4v) is 2.66. The van der Waals surface area contributed by atoms with E-state index in [0.29, 0.717) is 17.5 Å². The van der Waals surface area contributed by atoms with Gasteiger partial charge in [0.2, 0.25) is 0 Å². The summed E-state index contributed by atoms with van der Waals surface area (Å²) >= 11 is 0. The molecule has 3 rings (SSSR count). The third-order valence-corrected chi connectivity index (χ3v) is 3.76. The van der Waals surface area contributed by atoms with Crippen LogP contribution in [0.5, 0.6) is 0 Å². The van der Waals surface area contributed by atoms with Gasteiger partial charge >= 0.3 is 5.97 Å². The molecule has 0 radical (unpaired) electrons. The van der Waals surface area contributed by atoms with E-state index in [1.165, 1.54) is 32.0 Å². The molecule has 0 unspecified atom stereocenters. The lowest BCUT2D eigenvalue weighted by atomic mass is 10.2. The number of benzene rings is 1. The first-order valence-corrected chi connectivity index (χ1v) is 7.40. The highest BCUT2D eigenvalue weighted by atomic mass is 16.4. The molecule has 0 atom stereocenters. The SMILES string of the molecule is O=C(O)c1cccc(Nc2cc(NC3CCCC3)ncn2)c1. The molecule has 0 amide bonds. The molecule has 6 nitrogen and oxygen atoms in total. The van der Waals surface area contributed by atoms with Gasteiger partial charge in [-0.1, -0.05) is 18.9 Å². The maximum absolute atomic E-state index is 11.0. The van der Waals surface area contributed by atoms with Crippen LogP contribution < -0.4 is 10.6 Å². The van der Waals surface area contributed by atoms with Gasteiger partial charge in [-0.2, -0.15) is 0 Å². The minimum atomic E-state index is -0.949. The summed E-state index contributed by atoms with van der Waals surface area (Å²) in [4.78, 5) is 19.4. The van der Waals surface area contributed by atoms with Crippen LogP contribution in [0.15, 0.2) is 36.7 Å². The number of rotatable bonds is 5. The van der Waals surface area contributed by atoms with E-state index in [4.69, 9.17) is 5.11 Å². The van der Waals surface area contributed by atoms with Crippen LogP contribution in [0.4, 0.5) is 17.3 Å². The van der Waals surface area contributed by atoms with Gasteiger partial charge in [0.25, 0.3) is 0 Å². The Labute approximate surface area is 128 Å². The van der Waals surface area contributed by atoms with Crippen molar-refractivity contribution in [2.45, 2.75) is 31.7 Å². The second kappa shape index (κ2) is 6.43. The van der Waals surface area contributed by atoms with E-state index in [1.807, 2.05) is 6.07 Å². The number of nitrogens with zero attached hydrogens (tertiary/aromatic N) is 2. The maximum Gasteiger partial charge on any atom is 0.335 e. The summed E-state index contributed by atoms with van der Waals surface area (Å²) in [5.41, 5.74) is 0.925. The third-order valence-electron chi connectivity index (χ3n) is 3.76. The molecule has 1 heterocycles. The van der Waals surface area contributed by atoms with Crippen LogP contribution in [0.1, 0.15) is 36.0 Å². The first-order chi connectivity index (χ1) is 10.7. The van der Waals surface area contributed by atoms with Gasteiger partial charge in [0.15, 0.2) is 0 Å². The van der Waals surface area contributed by atoms with Crippen LogP contribution in [-0.2, 0) is 0 Å². The Morgan fingerprint density at radius 1 is 1.14 bits per heavy atom. The van der Waals surface area contributed by atoms with Crippen LogP contribution in [0.25, 0.3) is 0 Å². The van der Waals surface area contributed by atoms with Crippen molar-refractivity contribution in [3.05, 3.63) is 42.2 Å². The molecule has 1 aromatic heterocycles. The van der Waals surface area contributed by atoms with Crippen molar-refractivity contribution in [1.29, 1.82) is 0 Å². The van der Waals surface area contributed by atoms with Crippen molar-refractivity contribution >= 4 is 23.3 Å². The van der Waals surface area contributed by atoms with E-state index in [9.17, 15) is 4.79 Å². The Morgan fingerprint density at radius 3 is 2.68 bits per heavy atom. The van der Waals surface area contributed by atoms with Gasteiger partial charge in [-0.3, -0.25) is 0 Å². The molecule has 22 heavy (non-hydrogen) atoms. The number of carboxylic acid groups (broad SMARTS) is 1. The average molecular weight is 298 g/mol. The molecule has 6 heteroatoms. The van der Waals surface area contributed by atoms with Gasteiger partial charge < -0.3 is 15.7 Å². The Morgan fingerprint density at radius 2 is 1.91 bits per heavy atom. The number of anilines is 3. The Kier molecular flexibility index (Phi) is 4.18. The summed E-state index contributed by atoms with van der Waals surface area (Å²) in [6.45, 7) is 0. The zero-order chi connectivity index (χ0) is 15.4. The summed E-state index contributed by atoms with van der Waals surface area (Å²) in [5, 5.41) is 15.5. The second-order valence-corrected chi connectivity index (χ2v) is 5.43. The predicted molar refractivity (Wildman–Crippen MR) is 84.6 cm³/mol. The van der Waals surface area contributed by atoms with Crippen molar-refractivity contribution < 1.29 is 9.90 Å². The van der Waals surface area contributed by atoms with E-state index in [0.717, 1.165) is 5.82 Å². The summed E-state index contributed by atoms with van der Waals surface area (Å²) in [6, 6.07) is 8.96. The van der Waals surface area contributed by atoms with Crippen LogP contribution in [0, 0.1) is 0 Å². The van der Waals surface area contributed by atoms with Crippen LogP contribution in [0.3, 0.4) is 0 Å². The molecule has 1 fully saturated rings. The molecule has 0 spiro atoms. The first kappa shape index (κ1) is 14.3. The monoisotopic (exact) mass is 298 g/mol. The molecular formula is C16H18N4O2. The van der Waals surface area contributed by atoms with Crippen molar-refractivity contribution in [2.75, 3.05) is 10.6 Å². The molecule has 3 N–H and O–H groups in total. The largest absolute Gasteiger partial charge is 0.478 e. The highest BCUT2D eigenvalue weighted by Gasteiger charge is 2.15. The fourth-order valence-electron chi connectivity index (χ4n) is 2.66.